The number of aromatic amines is 2. The number of aliphatic hydroxyl groups is 1. The van der Waals surface area contributed by atoms with Crippen LogP contribution in [0.25, 0.3) is 39.3 Å². The number of carbonyl (C=O) groups is 3. The molecule has 0 spiro atoms. The van der Waals surface area contributed by atoms with Gasteiger partial charge < -0.3 is 29.9 Å². The van der Waals surface area contributed by atoms with Crippen molar-refractivity contribution in [3.05, 3.63) is 75.4 Å². The highest BCUT2D eigenvalue weighted by Gasteiger charge is 2.35. The van der Waals surface area contributed by atoms with Gasteiger partial charge >= 0.3 is 11.9 Å². The molecule has 5 rings (SSSR count). The number of aromatic nitrogens is 4. The third-order valence-electron chi connectivity index (χ3n) is 10.0. The van der Waals surface area contributed by atoms with E-state index in [0.717, 1.165) is 56.4 Å². The second-order valence-electron chi connectivity index (χ2n) is 12.9. The number of aliphatic hydroxyl groups excluding tert-OH is 1. The van der Waals surface area contributed by atoms with Crippen LogP contribution in [0.3, 0.4) is 0 Å². The van der Waals surface area contributed by atoms with E-state index >= 15 is 0 Å². The van der Waals surface area contributed by atoms with Crippen molar-refractivity contribution >= 4 is 57.1 Å². The van der Waals surface area contributed by atoms with E-state index in [9.17, 15) is 19.5 Å². The summed E-state index contributed by atoms with van der Waals surface area (Å²) in [7, 11) is 2.68. The number of hydrogen-bond acceptors (Lipinski definition) is 8. The molecule has 0 saturated carbocycles. The Balaban J connectivity index is 1.98. The third-order valence-corrected chi connectivity index (χ3v) is 10.0. The summed E-state index contributed by atoms with van der Waals surface area (Å²) in [5.74, 6) is -1.70. The SMILES string of the molecule is C=Cc1c(C)c2cc3nc(c(CC(=O)OC)c4nc(cc5[nH]c(cc1[nH]2)c(C)c5CC)C(C)=C4C(=O)NCCCO)C(CCC(=O)OC)C3C. The summed E-state index contributed by atoms with van der Waals surface area (Å²) in [5, 5.41) is 12.3. The zero-order valence-electron chi connectivity index (χ0n) is 30.0. The minimum Gasteiger partial charge on any atom is -0.469 e. The summed E-state index contributed by atoms with van der Waals surface area (Å²) in [5.41, 5.74) is 11.4. The lowest BCUT2D eigenvalue weighted by Crippen LogP contribution is -2.26. The van der Waals surface area contributed by atoms with E-state index < -0.39 is 5.97 Å². The number of aryl methyl sites for hydroxylation is 3. The first-order chi connectivity index (χ1) is 24.0. The van der Waals surface area contributed by atoms with Gasteiger partial charge in [0.2, 0.25) is 0 Å². The fourth-order valence-corrected chi connectivity index (χ4v) is 7.07. The van der Waals surface area contributed by atoms with Crippen molar-refractivity contribution < 1.29 is 29.0 Å². The Hall–Kier alpha value is -5.03. The van der Waals surface area contributed by atoms with Gasteiger partial charge in [-0.15, -0.1) is 0 Å². The molecule has 0 aromatic carbocycles. The smallest absolute Gasteiger partial charge is 0.310 e. The van der Waals surface area contributed by atoms with Crippen molar-refractivity contribution in [1.82, 2.24) is 25.3 Å². The molecule has 2 aliphatic rings. The molecule has 11 nitrogen and oxygen atoms in total. The Labute approximate surface area is 292 Å². The number of ether oxygens (including phenoxy) is 2. The summed E-state index contributed by atoms with van der Waals surface area (Å²) in [4.78, 5) is 57.0. The van der Waals surface area contributed by atoms with Gasteiger partial charge in [0.15, 0.2) is 0 Å². The number of nitrogens with one attached hydrogen (secondary N) is 3. The van der Waals surface area contributed by atoms with E-state index in [-0.39, 0.29) is 49.7 Å². The lowest BCUT2D eigenvalue weighted by atomic mass is 9.84. The summed E-state index contributed by atoms with van der Waals surface area (Å²) in [6.45, 7) is 14.4. The van der Waals surface area contributed by atoms with E-state index in [1.54, 1.807) is 0 Å². The van der Waals surface area contributed by atoms with Gasteiger partial charge in [0.05, 0.1) is 43.3 Å². The fourth-order valence-electron chi connectivity index (χ4n) is 7.07. The Bertz CT molecular complexity index is 2050. The molecule has 2 aliphatic heterocycles. The molecule has 11 heteroatoms. The molecule has 1 amide bonds. The topological polar surface area (TPSA) is 159 Å². The Morgan fingerprint density at radius 1 is 0.960 bits per heavy atom. The van der Waals surface area contributed by atoms with Crippen LogP contribution in [0.4, 0.5) is 0 Å². The maximum Gasteiger partial charge on any atom is 0.310 e. The molecule has 8 bridgehead atoms. The van der Waals surface area contributed by atoms with Crippen molar-refractivity contribution in [3.63, 3.8) is 0 Å². The number of carbonyl (C=O) groups excluding carboxylic acids is 3. The molecule has 3 aromatic heterocycles. The minimum absolute atomic E-state index is 0.0723. The molecule has 0 fully saturated rings. The first-order valence-corrected chi connectivity index (χ1v) is 17.1. The summed E-state index contributed by atoms with van der Waals surface area (Å²) >= 11 is 0. The maximum atomic E-state index is 14.0. The highest BCUT2D eigenvalue weighted by atomic mass is 16.5. The van der Waals surface area contributed by atoms with Crippen LogP contribution in [0, 0.1) is 13.8 Å². The largest absolute Gasteiger partial charge is 0.469 e. The highest BCUT2D eigenvalue weighted by molar-refractivity contribution is 6.27. The van der Waals surface area contributed by atoms with Gasteiger partial charge in [-0.2, -0.15) is 0 Å². The van der Waals surface area contributed by atoms with E-state index in [1.165, 1.54) is 14.2 Å². The molecule has 2 unspecified atom stereocenters. The second-order valence-corrected chi connectivity index (χ2v) is 12.9. The minimum atomic E-state index is -0.513. The number of esters is 2. The Kier molecular flexibility index (Phi) is 11.1. The quantitative estimate of drug-likeness (QED) is 0.139. The molecule has 5 heterocycles. The highest BCUT2D eigenvalue weighted by Crippen LogP contribution is 2.44. The van der Waals surface area contributed by atoms with Crippen molar-refractivity contribution in [3.8, 4) is 0 Å². The van der Waals surface area contributed by atoms with Gasteiger partial charge in [-0.1, -0.05) is 26.5 Å². The van der Waals surface area contributed by atoms with Crippen molar-refractivity contribution in [2.45, 2.75) is 78.6 Å². The van der Waals surface area contributed by atoms with Crippen LogP contribution in [0.15, 0.2) is 24.8 Å². The molecule has 0 radical (unpaired) electrons. The van der Waals surface area contributed by atoms with Crippen molar-refractivity contribution in [1.29, 1.82) is 0 Å². The van der Waals surface area contributed by atoms with E-state index in [2.05, 4.69) is 48.7 Å². The normalized spacial score (nSPS) is 15.6. The molecular formula is C39H47N5O6. The molecule has 264 valence electrons. The lowest BCUT2D eigenvalue weighted by Gasteiger charge is -2.18. The number of fused-ring (bicyclic) bond motifs is 8. The van der Waals surface area contributed by atoms with Crippen molar-refractivity contribution in [2.75, 3.05) is 27.4 Å². The van der Waals surface area contributed by atoms with E-state index in [4.69, 9.17) is 19.4 Å². The van der Waals surface area contributed by atoms with Gasteiger partial charge in [0, 0.05) is 70.3 Å². The molecule has 2 atom stereocenters. The Morgan fingerprint density at radius 3 is 2.32 bits per heavy atom. The molecule has 0 saturated heterocycles. The molecular weight excluding hydrogens is 634 g/mol. The number of H-pyrrole nitrogens is 2. The van der Waals surface area contributed by atoms with Gasteiger partial charge in [0.25, 0.3) is 5.91 Å². The zero-order valence-corrected chi connectivity index (χ0v) is 30.0. The number of hydrogen-bond donors (Lipinski definition) is 4. The van der Waals surface area contributed by atoms with Crippen LogP contribution in [0.2, 0.25) is 0 Å². The number of amides is 1. The maximum absolute atomic E-state index is 14.0. The number of nitrogens with zero attached hydrogens (tertiary/aromatic N) is 2. The van der Waals surface area contributed by atoms with Gasteiger partial charge in [-0.25, -0.2) is 4.98 Å². The van der Waals surface area contributed by atoms with Gasteiger partial charge in [-0.05, 0) is 80.5 Å². The molecule has 0 aliphatic carbocycles. The number of allylic oxidation sites excluding steroid dienone is 1. The summed E-state index contributed by atoms with van der Waals surface area (Å²) < 4.78 is 10.2. The van der Waals surface area contributed by atoms with Crippen LogP contribution in [0.1, 0.15) is 102 Å². The first-order valence-electron chi connectivity index (χ1n) is 17.1. The average Bonchev–Trinajstić information content (AvgIpc) is 3.78. The summed E-state index contributed by atoms with van der Waals surface area (Å²) in [6, 6.07) is 6.06. The Morgan fingerprint density at radius 2 is 1.66 bits per heavy atom. The average molecular weight is 682 g/mol. The van der Waals surface area contributed by atoms with E-state index in [1.807, 2.05) is 32.1 Å². The van der Waals surface area contributed by atoms with Crippen LogP contribution in [-0.4, -0.2) is 70.3 Å². The monoisotopic (exact) mass is 681 g/mol. The van der Waals surface area contributed by atoms with Crippen LogP contribution >= 0.6 is 0 Å². The van der Waals surface area contributed by atoms with Crippen LogP contribution in [-0.2, 0) is 36.7 Å². The fraction of sp³-hybridized carbons (Fsp3) is 0.410. The predicted molar refractivity (Wildman–Crippen MR) is 195 cm³/mol. The number of methoxy groups -OCH3 is 2. The van der Waals surface area contributed by atoms with Gasteiger partial charge in [-0.3, -0.25) is 19.4 Å². The van der Waals surface area contributed by atoms with Crippen LogP contribution in [0.5, 0.6) is 0 Å². The standard InChI is InChI=1S/C39H47N5O6/c1-9-24-20(3)28-17-30-22(5)26(12-13-34(46)49-7)37(43-30)27(16-35(47)50-8)38-36(39(48)40-14-11-15-45)23(6)31(44-38)19-33-25(10-2)21(4)29(42-33)18-32(24)41-28/h9,17-19,22,26,41-42,45H,1,10-16H2,2-8H3,(H,40,48). The van der Waals surface area contributed by atoms with Crippen molar-refractivity contribution in [2.24, 2.45) is 0 Å². The first kappa shape index (κ1) is 36.3. The van der Waals surface area contributed by atoms with Crippen LogP contribution < -0.4 is 5.32 Å². The summed E-state index contributed by atoms with van der Waals surface area (Å²) in [6.07, 6.45) is 3.34. The predicted octanol–water partition coefficient (Wildman–Crippen LogP) is 6.12. The van der Waals surface area contributed by atoms with Gasteiger partial charge in [0.1, 0.15) is 0 Å². The lowest BCUT2D eigenvalue weighted by molar-refractivity contribution is -0.141. The van der Waals surface area contributed by atoms with E-state index in [0.29, 0.717) is 46.6 Å². The second kappa shape index (κ2) is 15.2. The molecule has 3 aromatic rings. The molecule has 50 heavy (non-hydrogen) atoms. The number of rotatable bonds is 11. The third kappa shape index (κ3) is 6.87. The molecule has 4 N–H and O–H groups in total. The zero-order chi connectivity index (χ0) is 36.3.